The number of pyridine rings is 1. The van der Waals surface area contributed by atoms with E-state index in [1.165, 1.54) is 11.3 Å². The van der Waals surface area contributed by atoms with Gasteiger partial charge >= 0.3 is 0 Å². The van der Waals surface area contributed by atoms with E-state index >= 15 is 0 Å². The molecule has 1 aliphatic heterocycles. The fraction of sp³-hybridized carbons (Fsp3) is 0.500. The van der Waals surface area contributed by atoms with Gasteiger partial charge in [0.2, 0.25) is 0 Å². The van der Waals surface area contributed by atoms with Gasteiger partial charge in [-0.25, -0.2) is 4.98 Å². The normalized spacial score (nSPS) is 23.0. The molecule has 1 aliphatic carbocycles. The Balaban J connectivity index is 1.54. The van der Waals surface area contributed by atoms with Crippen LogP contribution in [0.3, 0.4) is 0 Å². The summed E-state index contributed by atoms with van der Waals surface area (Å²) in [6.07, 6.45) is 8.05. The summed E-state index contributed by atoms with van der Waals surface area (Å²) in [5, 5.41) is 11.7. The Morgan fingerprint density at radius 2 is 1.86 bits per heavy atom. The van der Waals surface area contributed by atoms with Crippen LogP contribution in [0.5, 0.6) is 0 Å². The van der Waals surface area contributed by atoms with Crippen LogP contribution in [0, 0.1) is 0 Å². The van der Waals surface area contributed by atoms with Crippen LogP contribution in [-0.2, 0) is 15.1 Å². The smallest absolute Gasteiger partial charge is 0.168 e. The van der Waals surface area contributed by atoms with Crippen molar-refractivity contribution in [1.82, 2.24) is 9.97 Å². The highest BCUT2D eigenvalue weighted by molar-refractivity contribution is 7.15. The van der Waals surface area contributed by atoms with Gasteiger partial charge in [-0.15, -0.1) is 11.3 Å². The van der Waals surface area contributed by atoms with E-state index in [0.29, 0.717) is 38.9 Å². The van der Waals surface area contributed by atoms with E-state index in [0.717, 1.165) is 15.4 Å². The highest BCUT2D eigenvalue weighted by Crippen LogP contribution is 2.46. The van der Waals surface area contributed by atoms with Gasteiger partial charge in [0.1, 0.15) is 10.6 Å². The van der Waals surface area contributed by atoms with Gasteiger partial charge in [0.25, 0.3) is 0 Å². The number of ether oxygens (including phenoxy) is 2. The first-order valence-electron chi connectivity index (χ1n) is 7.56. The minimum Gasteiger partial charge on any atom is -0.383 e. The Hall–Kier alpha value is -1.34. The Kier molecular flexibility index (Phi) is 3.49. The number of hydrogen-bond donors (Lipinski definition) is 1. The van der Waals surface area contributed by atoms with Gasteiger partial charge in [0, 0.05) is 37.0 Å². The number of nitrogens with zero attached hydrogens (tertiary/aromatic N) is 2. The molecule has 1 saturated carbocycles. The molecule has 22 heavy (non-hydrogen) atoms. The van der Waals surface area contributed by atoms with Crippen molar-refractivity contribution in [2.24, 2.45) is 0 Å². The van der Waals surface area contributed by atoms with Crippen LogP contribution in [0.15, 0.2) is 30.7 Å². The van der Waals surface area contributed by atoms with E-state index in [9.17, 15) is 5.11 Å². The minimum absolute atomic E-state index is 0.463. The number of rotatable bonds is 2. The monoisotopic (exact) mass is 318 g/mol. The molecule has 2 aromatic rings. The van der Waals surface area contributed by atoms with Crippen molar-refractivity contribution in [3.63, 3.8) is 0 Å². The molecule has 3 heterocycles. The third kappa shape index (κ3) is 2.46. The molecule has 0 radical (unpaired) electrons. The van der Waals surface area contributed by atoms with Gasteiger partial charge in [-0.1, -0.05) is 6.07 Å². The second-order valence-electron chi connectivity index (χ2n) is 5.91. The van der Waals surface area contributed by atoms with Gasteiger partial charge in [-0.3, -0.25) is 4.98 Å². The van der Waals surface area contributed by atoms with E-state index < -0.39 is 11.4 Å². The lowest BCUT2D eigenvalue weighted by atomic mass is 9.82. The molecule has 1 saturated heterocycles. The summed E-state index contributed by atoms with van der Waals surface area (Å²) in [5.74, 6) is -0.463. The van der Waals surface area contributed by atoms with Crippen LogP contribution in [0.25, 0.3) is 10.4 Å². The van der Waals surface area contributed by atoms with Gasteiger partial charge in [0.05, 0.1) is 18.1 Å². The van der Waals surface area contributed by atoms with Gasteiger partial charge in [0.15, 0.2) is 5.79 Å². The quantitative estimate of drug-likeness (QED) is 0.922. The Bertz CT molecular complexity index is 642. The first kappa shape index (κ1) is 14.3. The number of thiazole rings is 1. The van der Waals surface area contributed by atoms with Crippen molar-refractivity contribution in [2.45, 2.75) is 37.1 Å². The third-order valence-electron chi connectivity index (χ3n) is 4.50. The lowest BCUT2D eigenvalue weighted by Crippen LogP contribution is -2.42. The van der Waals surface area contributed by atoms with E-state index in [2.05, 4.69) is 9.97 Å². The maximum atomic E-state index is 11.0. The van der Waals surface area contributed by atoms with Crippen LogP contribution in [0.4, 0.5) is 0 Å². The molecule has 4 rings (SSSR count). The van der Waals surface area contributed by atoms with E-state index in [-0.39, 0.29) is 0 Å². The molecular formula is C16H18N2O3S. The number of hydrogen-bond acceptors (Lipinski definition) is 6. The van der Waals surface area contributed by atoms with Crippen LogP contribution >= 0.6 is 11.3 Å². The van der Waals surface area contributed by atoms with Crippen molar-refractivity contribution in [1.29, 1.82) is 0 Å². The number of aromatic nitrogens is 2. The maximum absolute atomic E-state index is 11.0. The van der Waals surface area contributed by atoms with Crippen molar-refractivity contribution >= 4 is 11.3 Å². The molecule has 1 N–H and O–H groups in total. The molecule has 0 atom stereocenters. The average Bonchev–Trinajstić information content (AvgIpc) is 3.22. The lowest BCUT2D eigenvalue weighted by molar-refractivity contribution is -0.204. The van der Waals surface area contributed by atoms with Crippen LogP contribution in [0.2, 0.25) is 0 Å². The third-order valence-corrected chi connectivity index (χ3v) is 5.74. The zero-order valence-corrected chi connectivity index (χ0v) is 13.0. The summed E-state index contributed by atoms with van der Waals surface area (Å²) in [6, 6.07) is 3.91. The fourth-order valence-electron chi connectivity index (χ4n) is 3.18. The number of aliphatic hydroxyl groups is 1. The fourth-order valence-corrected chi connectivity index (χ4v) is 4.23. The Morgan fingerprint density at radius 1 is 1.09 bits per heavy atom. The summed E-state index contributed by atoms with van der Waals surface area (Å²) in [5.41, 5.74) is 0.163. The first-order chi connectivity index (χ1) is 10.7. The topological polar surface area (TPSA) is 64.5 Å². The summed E-state index contributed by atoms with van der Waals surface area (Å²) < 4.78 is 11.5. The Morgan fingerprint density at radius 3 is 2.55 bits per heavy atom. The van der Waals surface area contributed by atoms with E-state index in [4.69, 9.17) is 9.47 Å². The van der Waals surface area contributed by atoms with Crippen molar-refractivity contribution < 1.29 is 14.6 Å². The molecule has 0 aromatic carbocycles. The minimum atomic E-state index is -0.869. The summed E-state index contributed by atoms with van der Waals surface area (Å²) in [7, 11) is 0. The summed E-state index contributed by atoms with van der Waals surface area (Å²) in [4.78, 5) is 9.63. The zero-order valence-electron chi connectivity index (χ0n) is 12.2. The molecule has 5 nitrogen and oxygen atoms in total. The second kappa shape index (κ2) is 5.38. The van der Waals surface area contributed by atoms with Crippen LogP contribution < -0.4 is 0 Å². The van der Waals surface area contributed by atoms with Crippen molar-refractivity contribution in [2.75, 3.05) is 13.2 Å². The standard InChI is InChI=1S/C16H18N2O3S/c19-15(3-5-16(6-4-15)20-8-9-21-16)14-18-11-13(22-14)12-2-1-7-17-10-12/h1-2,7,10-11,19H,3-6,8-9H2. The van der Waals surface area contributed by atoms with Gasteiger partial charge in [-0.05, 0) is 18.9 Å². The van der Waals surface area contributed by atoms with Crippen molar-refractivity contribution in [3.05, 3.63) is 35.7 Å². The predicted octanol–water partition coefficient (Wildman–Crippen LogP) is 2.71. The maximum Gasteiger partial charge on any atom is 0.168 e. The summed E-state index contributed by atoms with van der Waals surface area (Å²) in [6.45, 7) is 1.31. The summed E-state index contributed by atoms with van der Waals surface area (Å²) >= 11 is 1.54. The van der Waals surface area contributed by atoms with Gasteiger partial charge in [-0.2, -0.15) is 0 Å². The van der Waals surface area contributed by atoms with Crippen LogP contribution in [0.1, 0.15) is 30.7 Å². The highest BCUT2D eigenvalue weighted by Gasteiger charge is 2.47. The Labute approximate surface area is 132 Å². The van der Waals surface area contributed by atoms with Crippen molar-refractivity contribution in [3.8, 4) is 10.4 Å². The molecule has 6 heteroatoms. The zero-order chi connectivity index (χ0) is 15.0. The molecular weight excluding hydrogens is 300 g/mol. The second-order valence-corrected chi connectivity index (χ2v) is 6.94. The molecule has 0 bridgehead atoms. The van der Waals surface area contributed by atoms with E-state index in [1.54, 1.807) is 6.20 Å². The predicted molar refractivity (Wildman–Crippen MR) is 82.3 cm³/mol. The molecule has 0 amide bonds. The SMILES string of the molecule is OC1(c2ncc(-c3cccnc3)s2)CCC2(CC1)OCCO2. The van der Waals surface area contributed by atoms with Crippen LogP contribution in [-0.4, -0.2) is 34.1 Å². The lowest BCUT2D eigenvalue weighted by Gasteiger charge is -2.39. The average molecular weight is 318 g/mol. The first-order valence-corrected chi connectivity index (χ1v) is 8.38. The largest absolute Gasteiger partial charge is 0.383 e. The molecule has 116 valence electrons. The molecule has 1 spiro atoms. The van der Waals surface area contributed by atoms with E-state index in [1.807, 2.05) is 24.5 Å². The van der Waals surface area contributed by atoms with Gasteiger partial charge < -0.3 is 14.6 Å². The molecule has 2 fully saturated rings. The molecule has 2 aromatic heterocycles. The molecule has 2 aliphatic rings. The highest BCUT2D eigenvalue weighted by atomic mass is 32.1. The molecule has 0 unspecified atom stereocenters.